The second kappa shape index (κ2) is 4.94. The van der Waals surface area contributed by atoms with E-state index in [1.54, 1.807) is 4.90 Å². The number of alkyl halides is 1. The molecule has 1 aliphatic rings. The molecule has 5 heteroatoms. The maximum atomic E-state index is 11.5. The Labute approximate surface area is 113 Å². The lowest BCUT2D eigenvalue weighted by Crippen LogP contribution is -2.24. The molecule has 86 valence electrons. The summed E-state index contributed by atoms with van der Waals surface area (Å²) in [6.45, 7) is 1.22. The molecule has 1 heterocycles. The van der Waals surface area contributed by atoms with Gasteiger partial charge in [-0.15, -0.1) is 11.6 Å². The fraction of sp³-hybridized carbons (Fsp3) is 0.364. The van der Waals surface area contributed by atoms with Crippen molar-refractivity contribution < 1.29 is 4.79 Å². The van der Waals surface area contributed by atoms with Crippen LogP contribution in [0.3, 0.4) is 0 Å². The lowest BCUT2D eigenvalue weighted by atomic mass is 10.2. The van der Waals surface area contributed by atoms with Crippen LogP contribution in [0, 0.1) is 0 Å². The number of nitrogens with zero attached hydrogens (tertiary/aromatic N) is 1. The van der Waals surface area contributed by atoms with E-state index in [0.29, 0.717) is 24.5 Å². The molecule has 1 aliphatic heterocycles. The predicted molar refractivity (Wildman–Crippen MR) is 68.8 cm³/mol. The second-order valence-corrected chi connectivity index (χ2v) is 5.70. The van der Waals surface area contributed by atoms with Crippen LogP contribution in [0.15, 0.2) is 22.7 Å². The number of carbonyl (C=O) groups excluding carboxylic acids is 1. The highest BCUT2D eigenvalue weighted by Gasteiger charge is 2.27. The molecule has 0 aromatic heterocycles. The first-order valence-corrected chi connectivity index (χ1v) is 6.53. The molecule has 2 rings (SSSR count). The number of benzene rings is 1. The number of carbonyl (C=O) groups is 1. The maximum Gasteiger partial charge on any atom is 0.224 e. The van der Waals surface area contributed by atoms with Crippen molar-refractivity contribution in [2.45, 2.75) is 18.3 Å². The molecule has 0 spiro atoms. The van der Waals surface area contributed by atoms with Gasteiger partial charge in [0.15, 0.2) is 0 Å². The van der Waals surface area contributed by atoms with E-state index in [0.717, 1.165) is 10.0 Å². The van der Waals surface area contributed by atoms with Gasteiger partial charge in [-0.05, 0) is 33.6 Å². The summed E-state index contributed by atoms with van der Waals surface area (Å²) in [7, 11) is 0. The second-order valence-electron chi connectivity index (χ2n) is 3.82. The number of hydrogen-bond acceptors (Lipinski definition) is 1. The van der Waals surface area contributed by atoms with Gasteiger partial charge in [-0.1, -0.05) is 17.7 Å². The van der Waals surface area contributed by atoms with Crippen molar-refractivity contribution in [3.05, 3.63) is 33.3 Å². The largest absolute Gasteiger partial charge is 0.337 e. The SMILES string of the molecule is O=C1CC(Cl)CN1Cc1ccc(Cl)c(Br)c1. The van der Waals surface area contributed by atoms with E-state index in [-0.39, 0.29) is 11.3 Å². The van der Waals surface area contributed by atoms with Crippen LogP contribution in [0.1, 0.15) is 12.0 Å². The summed E-state index contributed by atoms with van der Waals surface area (Å²) < 4.78 is 0.848. The topological polar surface area (TPSA) is 20.3 Å². The van der Waals surface area contributed by atoms with Gasteiger partial charge in [0.1, 0.15) is 0 Å². The molecule has 1 saturated heterocycles. The summed E-state index contributed by atoms with van der Waals surface area (Å²) >= 11 is 15.2. The van der Waals surface area contributed by atoms with Crippen LogP contribution in [-0.4, -0.2) is 22.7 Å². The van der Waals surface area contributed by atoms with Crippen molar-refractivity contribution in [3.8, 4) is 0 Å². The molecule has 1 unspecified atom stereocenters. The number of hydrogen-bond donors (Lipinski definition) is 0. The first-order chi connectivity index (χ1) is 7.56. The summed E-state index contributed by atoms with van der Waals surface area (Å²) in [5.74, 6) is 0.117. The lowest BCUT2D eigenvalue weighted by molar-refractivity contribution is -0.128. The average molecular weight is 323 g/mol. The Hall–Kier alpha value is -0.250. The van der Waals surface area contributed by atoms with E-state index in [1.165, 1.54) is 0 Å². The van der Waals surface area contributed by atoms with Crippen LogP contribution in [0.5, 0.6) is 0 Å². The highest BCUT2D eigenvalue weighted by molar-refractivity contribution is 9.10. The minimum atomic E-state index is -0.0526. The van der Waals surface area contributed by atoms with E-state index in [9.17, 15) is 4.79 Å². The molecule has 1 fully saturated rings. The third-order valence-electron chi connectivity index (χ3n) is 2.52. The number of amides is 1. The molecule has 0 radical (unpaired) electrons. The Morgan fingerprint density at radius 2 is 2.25 bits per heavy atom. The van der Waals surface area contributed by atoms with Gasteiger partial charge in [-0.2, -0.15) is 0 Å². The van der Waals surface area contributed by atoms with Gasteiger partial charge in [0.05, 0.1) is 10.4 Å². The maximum absolute atomic E-state index is 11.5. The highest BCUT2D eigenvalue weighted by Crippen LogP contribution is 2.25. The molecule has 0 N–H and O–H groups in total. The zero-order chi connectivity index (χ0) is 11.7. The summed E-state index contributed by atoms with van der Waals surface area (Å²) in [4.78, 5) is 13.3. The molecule has 1 amide bonds. The molecule has 2 nitrogen and oxygen atoms in total. The van der Waals surface area contributed by atoms with Crippen molar-refractivity contribution in [2.24, 2.45) is 0 Å². The Bertz CT molecular complexity index is 424. The third-order valence-corrected chi connectivity index (χ3v) is 4.03. The molecule has 1 aromatic carbocycles. The Morgan fingerprint density at radius 1 is 1.50 bits per heavy atom. The van der Waals surface area contributed by atoms with Crippen molar-refractivity contribution in [3.63, 3.8) is 0 Å². The Balaban J connectivity index is 2.09. The normalized spacial score (nSPS) is 20.6. The van der Waals surface area contributed by atoms with Gasteiger partial charge in [-0.25, -0.2) is 0 Å². The molecule has 16 heavy (non-hydrogen) atoms. The zero-order valence-corrected chi connectivity index (χ0v) is 11.5. The summed E-state index contributed by atoms with van der Waals surface area (Å²) in [5.41, 5.74) is 1.05. The van der Waals surface area contributed by atoms with Gasteiger partial charge in [0, 0.05) is 24.0 Å². The molecule has 0 saturated carbocycles. The van der Waals surface area contributed by atoms with Crippen molar-refractivity contribution in [2.75, 3.05) is 6.54 Å². The van der Waals surface area contributed by atoms with E-state index in [2.05, 4.69) is 15.9 Å². The van der Waals surface area contributed by atoms with Crippen LogP contribution in [0.2, 0.25) is 5.02 Å². The molecule has 0 bridgehead atoms. The third kappa shape index (κ3) is 2.70. The van der Waals surface area contributed by atoms with Gasteiger partial charge in [0.2, 0.25) is 5.91 Å². The van der Waals surface area contributed by atoms with Crippen molar-refractivity contribution in [1.82, 2.24) is 4.90 Å². The minimum absolute atomic E-state index is 0.0526. The van der Waals surface area contributed by atoms with Crippen LogP contribution < -0.4 is 0 Å². The van der Waals surface area contributed by atoms with E-state index < -0.39 is 0 Å². The minimum Gasteiger partial charge on any atom is -0.337 e. The number of halogens is 3. The smallest absolute Gasteiger partial charge is 0.224 e. The summed E-state index contributed by atoms with van der Waals surface area (Å²) in [6.07, 6.45) is 0.441. The lowest BCUT2D eigenvalue weighted by Gasteiger charge is -2.16. The van der Waals surface area contributed by atoms with Crippen molar-refractivity contribution >= 4 is 45.0 Å². The molecular formula is C11H10BrCl2NO. The zero-order valence-electron chi connectivity index (χ0n) is 8.42. The van der Waals surface area contributed by atoms with E-state index >= 15 is 0 Å². The van der Waals surface area contributed by atoms with Crippen LogP contribution >= 0.6 is 39.1 Å². The average Bonchev–Trinajstić information content (AvgIpc) is 2.51. The van der Waals surface area contributed by atoms with Crippen LogP contribution in [0.4, 0.5) is 0 Å². The van der Waals surface area contributed by atoms with Crippen molar-refractivity contribution in [1.29, 1.82) is 0 Å². The number of rotatable bonds is 2. The summed E-state index contributed by atoms with van der Waals surface area (Å²) in [5, 5.41) is 0.620. The molecule has 1 atom stereocenters. The Kier molecular flexibility index (Phi) is 3.77. The monoisotopic (exact) mass is 321 g/mol. The van der Waals surface area contributed by atoms with Crippen LogP contribution in [0.25, 0.3) is 0 Å². The molecular weight excluding hydrogens is 313 g/mol. The number of likely N-dealkylation sites (tertiary alicyclic amines) is 1. The first-order valence-electron chi connectivity index (χ1n) is 4.92. The Morgan fingerprint density at radius 3 is 2.81 bits per heavy atom. The fourth-order valence-electron chi connectivity index (χ4n) is 1.74. The molecule has 1 aromatic rings. The highest BCUT2D eigenvalue weighted by atomic mass is 79.9. The fourth-order valence-corrected chi connectivity index (χ4v) is 2.58. The van der Waals surface area contributed by atoms with Gasteiger partial charge >= 0.3 is 0 Å². The summed E-state index contributed by atoms with van der Waals surface area (Å²) in [6, 6.07) is 5.67. The van der Waals surface area contributed by atoms with E-state index in [1.807, 2.05) is 18.2 Å². The van der Waals surface area contributed by atoms with Gasteiger partial charge < -0.3 is 4.90 Å². The predicted octanol–water partition coefficient (Wildman–Crippen LogP) is 3.44. The van der Waals surface area contributed by atoms with Gasteiger partial charge in [-0.3, -0.25) is 4.79 Å². The van der Waals surface area contributed by atoms with Crippen LogP contribution in [-0.2, 0) is 11.3 Å². The standard InChI is InChI=1S/C11H10BrCl2NO/c12-9-3-7(1-2-10(9)14)5-15-6-8(13)4-11(15)16/h1-3,8H,4-6H2. The molecule has 0 aliphatic carbocycles. The van der Waals surface area contributed by atoms with E-state index in [4.69, 9.17) is 23.2 Å². The first kappa shape index (κ1) is 12.2. The van der Waals surface area contributed by atoms with Gasteiger partial charge in [0.25, 0.3) is 0 Å². The quantitative estimate of drug-likeness (QED) is 0.764.